The molecule has 0 fully saturated rings. The second-order valence-electron chi connectivity index (χ2n) is 5.70. The minimum absolute atomic E-state index is 0.471. The lowest BCUT2D eigenvalue weighted by Gasteiger charge is -2.16. The van der Waals surface area contributed by atoms with Crippen LogP contribution in [0.5, 0.6) is 5.75 Å². The minimum atomic E-state index is -0.770. The standard InChI is InChI=1S/C20H24O3/c1-3-16-10-5-7-13-19(16)23-14-8-12-18(20(21)22)17-11-6-4-9-15(17)2/h4-7,9-11,13,18H,3,8,12,14H2,1-2H3,(H,21,22). The van der Waals surface area contributed by atoms with Crippen LogP contribution in [-0.4, -0.2) is 17.7 Å². The van der Waals surface area contributed by atoms with Crippen LogP contribution in [0, 0.1) is 6.92 Å². The third-order valence-corrected chi connectivity index (χ3v) is 4.11. The smallest absolute Gasteiger partial charge is 0.310 e. The first-order valence-electron chi connectivity index (χ1n) is 8.12. The number of benzene rings is 2. The van der Waals surface area contributed by atoms with Gasteiger partial charge in [-0.3, -0.25) is 4.79 Å². The van der Waals surface area contributed by atoms with Crippen LogP contribution in [0.25, 0.3) is 0 Å². The molecule has 2 aromatic carbocycles. The van der Waals surface area contributed by atoms with Gasteiger partial charge in [0.25, 0.3) is 0 Å². The minimum Gasteiger partial charge on any atom is -0.493 e. The summed E-state index contributed by atoms with van der Waals surface area (Å²) in [6, 6.07) is 15.7. The van der Waals surface area contributed by atoms with Gasteiger partial charge in [-0.15, -0.1) is 0 Å². The molecule has 3 heteroatoms. The van der Waals surface area contributed by atoms with Crippen molar-refractivity contribution < 1.29 is 14.6 Å². The fourth-order valence-corrected chi connectivity index (χ4v) is 2.80. The Morgan fingerprint density at radius 2 is 1.83 bits per heavy atom. The number of carboxylic acid groups (broad SMARTS) is 1. The number of carboxylic acids is 1. The summed E-state index contributed by atoms with van der Waals surface area (Å²) in [4.78, 5) is 11.6. The van der Waals surface area contributed by atoms with Crippen LogP contribution in [-0.2, 0) is 11.2 Å². The lowest BCUT2D eigenvalue weighted by atomic mass is 9.91. The van der Waals surface area contributed by atoms with E-state index in [1.807, 2.05) is 49.4 Å². The second kappa shape index (κ2) is 8.37. The average molecular weight is 312 g/mol. The Kier molecular flexibility index (Phi) is 6.21. The van der Waals surface area contributed by atoms with E-state index in [2.05, 4.69) is 13.0 Å². The predicted molar refractivity (Wildman–Crippen MR) is 92.1 cm³/mol. The lowest BCUT2D eigenvalue weighted by Crippen LogP contribution is -2.14. The Bertz CT molecular complexity index is 649. The normalized spacial score (nSPS) is 11.9. The van der Waals surface area contributed by atoms with Gasteiger partial charge in [0, 0.05) is 0 Å². The monoisotopic (exact) mass is 312 g/mol. The Balaban J connectivity index is 1.93. The molecule has 0 bridgehead atoms. The highest BCUT2D eigenvalue weighted by Gasteiger charge is 2.20. The van der Waals surface area contributed by atoms with E-state index in [9.17, 15) is 9.90 Å². The highest BCUT2D eigenvalue weighted by Crippen LogP contribution is 2.25. The molecule has 2 aromatic rings. The van der Waals surface area contributed by atoms with Crippen molar-refractivity contribution in [2.75, 3.05) is 6.61 Å². The topological polar surface area (TPSA) is 46.5 Å². The van der Waals surface area contributed by atoms with Gasteiger partial charge < -0.3 is 9.84 Å². The van der Waals surface area contributed by atoms with E-state index in [4.69, 9.17) is 4.74 Å². The van der Waals surface area contributed by atoms with E-state index in [0.29, 0.717) is 19.4 Å². The van der Waals surface area contributed by atoms with Crippen LogP contribution >= 0.6 is 0 Å². The molecule has 1 N–H and O–H groups in total. The SMILES string of the molecule is CCc1ccccc1OCCCC(C(=O)O)c1ccccc1C. The fraction of sp³-hybridized carbons (Fsp3) is 0.350. The van der Waals surface area contributed by atoms with Crippen molar-refractivity contribution >= 4 is 5.97 Å². The van der Waals surface area contributed by atoms with E-state index < -0.39 is 11.9 Å². The summed E-state index contributed by atoms with van der Waals surface area (Å²) in [7, 11) is 0. The predicted octanol–water partition coefficient (Wildman–Crippen LogP) is 4.58. The summed E-state index contributed by atoms with van der Waals surface area (Å²) in [6.07, 6.45) is 2.22. The number of ether oxygens (including phenoxy) is 1. The molecule has 2 rings (SSSR count). The van der Waals surface area contributed by atoms with Crippen molar-refractivity contribution in [2.24, 2.45) is 0 Å². The number of hydrogen-bond donors (Lipinski definition) is 1. The van der Waals surface area contributed by atoms with E-state index in [1.165, 1.54) is 5.56 Å². The van der Waals surface area contributed by atoms with Gasteiger partial charge in [0.2, 0.25) is 0 Å². The van der Waals surface area contributed by atoms with Crippen LogP contribution in [0.1, 0.15) is 42.4 Å². The summed E-state index contributed by atoms with van der Waals surface area (Å²) in [6.45, 7) is 4.59. The maximum atomic E-state index is 11.6. The van der Waals surface area contributed by atoms with E-state index in [0.717, 1.165) is 23.3 Å². The van der Waals surface area contributed by atoms with Crippen LogP contribution in [0.4, 0.5) is 0 Å². The Morgan fingerprint density at radius 1 is 1.13 bits per heavy atom. The third kappa shape index (κ3) is 4.59. The molecule has 23 heavy (non-hydrogen) atoms. The van der Waals surface area contributed by atoms with Crippen molar-refractivity contribution in [1.29, 1.82) is 0 Å². The molecular weight excluding hydrogens is 288 g/mol. The van der Waals surface area contributed by atoms with Crippen LogP contribution in [0.15, 0.2) is 48.5 Å². The summed E-state index contributed by atoms with van der Waals surface area (Å²) < 4.78 is 5.83. The number of carbonyl (C=O) groups is 1. The molecule has 0 saturated carbocycles. The largest absolute Gasteiger partial charge is 0.493 e. The van der Waals surface area contributed by atoms with Gasteiger partial charge in [-0.05, 0) is 48.9 Å². The van der Waals surface area contributed by atoms with Gasteiger partial charge in [0.1, 0.15) is 5.75 Å². The Morgan fingerprint density at radius 3 is 2.52 bits per heavy atom. The molecule has 0 spiro atoms. The zero-order valence-corrected chi connectivity index (χ0v) is 13.8. The van der Waals surface area contributed by atoms with Gasteiger partial charge in [0.05, 0.1) is 12.5 Å². The Labute approximate surface area is 137 Å². The number of hydrogen-bond acceptors (Lipinski definition) is 2. The molecule has 1 unspecified atom stereocenters. The maximum Gasteiger partial charge on any atom is 0.310 e. The quantitative estimate of drug-likeness (QED) is 0.725. The molecule has 0 saturated heterocycles. The maximum absolute atomic E-state index is 11.6. The molecule has 1 atom stereocenters. The fourth-order valence-electron chi connectivity index (χ4n) is 2.80. The van der Waals surface area contributed by atoms with E-state index in [-0.39, 0.29) is 0 Å². The van der Waals surface area contributed by atoms with Crippen LogP contribution in [0.3, 0.4) is 0 Å². The average Bonchev–Trinajstić information content (AvgIpc) is 2.56. The molecule has 122 valence electrons. The van der Waals surface area contributed by atoms with Gasteiger partial charge in [0.15, 0.2) is 0 Å². The molecule has 0 heterocycles. The lowest BCUT2D eigenvalue weighted by molar-refractivity contribution is -0.139. The van der Waals surface area contributed by atoms with Gasteiger partial charge in [-0.2, -0.15) is 0 Å². The molecular formula is C20H24O3. The summed E-state index contributed by atoms with van der Waals surface area (Å²) in [5, 5.41) is 9.51. The summed E-state index contributed by atoms with van der Waals surface area (Å²) >= 11 is 0. The van der Waals surface area contributed by atoms with Crippen molar-refractivity contribution in [2.45, 2.75) is 39.0 Å². The molecule has 0 aromatic heterocycles. The van der Waals surface area contributed by atoms with E-state index >= 15 is 0 Å². The second-order valence-corrected chi connectivity index (χ2v) is 5.70. The van der Waals surface area contributed by atoms with Crippen molar-refractivity contribution in [3.8, 4) is 5.75 Å². The summed E-state index contributed by atoms with van der Waals surface area (Å²) in [5.74, 6) is -0.341. The molecule has 0 amide bonds. The first-order chi connectivity index (χ1) is 11.1. The van der Waals surface area contributed by atoms with Gasteiger partial charge >= 0.3 is 5.97 Å². The molecule has 0 aliphatic rings. The molecule has 0 radical (unpaired) electrons. The first-order valence-corrected chi connectivity index (χ1v) is 8.12. The number of para-hydroxylation sites is 1. The van der Waals surface area contributed by atoms with Crippen molar-refractivity contribution in [1.82, 2.24) is 0 Å². The molecule has 0 aliphatic carbocycles. The Hall–Kier alpha value is -2.29. The van der Waals surface area contributed by atoms with Crippen molar-refractivity contribution in [3.63, 3.8) is 0 Å². The highest BCUT2D eigenvalue weighted by atomic mass is 16.5. The van der Waals surface area contributed by atoms with Gasteiger partial charge in [-0.25, -0.2) is 0 Å². The highest BCUT2D eigenvalue weighted by molar-refractivity contribution is 5.76. The number of aryl methyl sites for hydroxylation is 2. The number of aliphatic carboxylic acids is 1. The zero-order chi connectivity index (χ0) is 16.7. The third-order valence-electron chi connectivity index (χ3n) is 4.11. The zero-order valence-electron chi connectivity index (χ0n) is 13.8. The first kappa shape index (κ1) is 17.1. The van der Waals surface area contributed by atoms with Crippen LogP contribution in [0.2, 0.25) is 0 Å². The number of rotatable bonds is 8. The molecule has 3 nitrogen and oxygen atoms in total. The van der Waals surface area contributed by atoms with Crippen molar-refractivity contribution in [3.05, 3.63) is 65.2 Å². The molecule has 0 aliphatic heterocycles. The summed E-state index contributed by atoms with van der Waals surface area (Å²) in [5.41, 5.74) is 3.10. The van der Waals surface area contributed by atoms with Gasteiger partial charge in [-0.1, -0.05) is 49.4 Å². The van der Waals surface area contributed by atoms with Crippen LogP contribution < -0.4 is 4.74 Å². The van der Waals surface area contributed by atoms with E-state index in [1.54, 1.807) is 0 Å².